The summed E-state index contributed by atoms with van der Waals surface area (Å²) >= 11 is 3.45. The fourth-order valence-electron chi connectivity index (χ4n) is 3.69. The first-order valence-corrected chi connectivity index (χ1v) is 11.3. The zero-order chi connectivity index (χ0) is 23.4. The predicted molar refractivity (Wildman–Crippen MR) is 127 cm³/mol. The van der Waals surface area contributed by atoms with Crippen LogP contribution in [0.3, 0.4) is 0 Å². The predicted octanol–water partition coefficient (Wildman–Crippen LogP) is 4.86. The van der Waals surface area contributed by atoms with E-state index in [1.54, 1.807) is 18.2 Å². The molecule has 2 aromatic carbocycles. The van der Waals surface area contributed by atoms with Crippen molar-refractivity contribution in [1.82, 2.24) is 4.90 Å². The smallest absolute Gasteiger partial charge is 0.295 e. The summed E-state index contributed by atoms with van der Waals surface area (Å²) < 4.78 is 11.8. The van der Waals surface area contributed by atoms with Crippen molar-refractivity contribution in [3.63, 3.8) is 0 Å². The molecule has 32 heavy (non-hydrogen) atoms. The van der Waals surface area contributed by atoms with E-state index >= 15 is 0 Å². The maximum atomic E-state index is 13.0. The number of carbonyl (C=O) groups excluding carboxylic acids is 2. The van der Waals surface area contributed by atoms with Crippen LogP contribution in [0.5, 0.6) is 5.75 Å². The lowest BCUT2D eigenvalue weighted by atomic mass is 9.95. The molecule has 7 heteroatoms. The van der Waals surface area contributed by atoms with Gasteiger partial charge in [0.25, 0.3) is 11.7 Å². The van der Waals surface area contributed by atoms with Crippen LogP contribution in [0, 0.1) is 12.8 Å². The van der Waals surface area contributed by atoms with E-state index in [1.165, 1.54) is 12.0 Å². The van der Waals surface area contributed by atoms with Gasteiger partial charge in [-0.05, 0) is 54.3 Å². The molecule has 0 saturated carbocycles. The van der Waals surface area contributed by atoms with Crippen LogP contribution in [-0.4, -0.2) is 48.6 Å². The minimum absolute atomic E-state index is 0.0689. The molecule has 1 heterocycles. The molecule has 0 unspecified atom stereocenters. The van der Waals surface area contributed by atoms with Gasteiger partial charge in [-0.15, -0.1) is 0 Å². The van der Waals surface area contributed by atoms with Crippen molar-refractivity contribution < 1.29 is 24.2 Å². The Morgan fingerprint density at radius 1 is 1.19 bits per heavy atom. The molecule has 170 valence electrons. The second kappa shape index (κ2) is 10.3. The molecule has 0 bridgehead atoms. The first kappa shape index (κ1) is 24.0. The van der Waals surface area contributed by atoms with E-state index in [2.05, 4.69) is 29.8 Å². The Morgan fingerprint density at radius 2 is 1.94 bits per heavy atom. The summed E-state index contributed by atoms with van der Waals surface area (Å²) in [4.78, 5) is 27.3. The number of carbonyl (C=O) groups is 2. The molecule has 0 aliphatic carbocycles. The topological polar surface area (TPSA) is 76.1 Å². The van der Waals surface area contributed by atoms with Gasteiger partial charge in [0, 0.05) is 23.7 Å². The molecule has 3 rings (SSSR count). The Hall–Kier alpha value is -2.64. The number of aryl methyl sites for hydroxylation is 1. The summed E-state index contributed by atoms with van der Waals surface area (Å²) in [6.07, 6.45) is 0. The number of halogens is 1. The molecule has 1 saturated heterocycles. The molecule has 1 amide bonds. The first-order chi connectivity index (χ1) is 15.2. The van der Waals surface area contributed by atoms with Gasteiger partial charge < -0.3 is 19.5 Å². The van der Waals surface area contributed by atoms with E-state index in [-0.39, 0.29) is 24.5 Å². The van der Waals surface area contributed by atoms with Gasteiger partial charge in [0.15, 0.2) is 0 Å². The van der Waals surface area contributed by atoms with Gasteiger partial charge in [0.2, 0.25) is 0 Å². The lowest BCUT2D eigenvalue weighted by molar-refractivity contribution is -0.140. The second-order valence-electron chi connectivity index (χ2n) is 8.23. The molecule has 1 fully saturated rings. The van der Waals surface area contributed by atoms with Gasteiger partial charge in [0.05, 0.1) is 24.8 Å². The number of nitrogens with zero attached hydrogens (tertiary/aromatic N) is 1. The average Bonchev–Trinajstić information content (AvgIpc) is 3.01. The number of rotatable bonds is 8. The Morgan fingerprint density at radius 3 is 2.56 bits per heavy atom. The number of Topliss-reactive ketones (excluding diaryl/α,β-unsaturated/α-hetero) is 1. The normalized spacial score (nSPS) is 17.9. The van der Waals surface area contributed by atoms with Crippen LogP contribution in [0.15, 0.2) is 52.5 Å². The molecule has 0 aromatic heterocycles. The fourth-order valence-corrected chi connectivity index (χ4v) is 4.11. The van der Waals surface area contributed by atoms with Crippen LogP contribution < -0.4 is 4.74 Å². The summed E-state index contributed by atoms with van der Waals surface area (Å²) in [5, 5.41) is 11.2. The summed E-state index contributed by atoms with van der Waals surface area (Å²) in [5.41, 5.74) is 2.09. The maximum Gasteiger partial charge on any atom is 0.295 e. The molecule has 1 N–H and O–H groups in total. The van der Waals surface area contributed by atoms with Crippen LogP contribution in [0.25, 0.3) is 5.76 Å². The largest absolute Gasteiger partial charge is 0.507 e. The molecule has 0 spiro atoms. The molecular formula is C25H28BrNO5. The fraction of sp³-hybridized carbons (Fsp3) is 0.360. The third-order valence-corrected chi connectivity index (χ3v) is 5.75. The van der Waals surface area contributed by atoms with Crippen molar-refractivity contribution in [2.45, 2.75) is 26.8 Å². The van der Waals surface area contributed by atoms with Crippen LogP contribution in [0.4, 0.5) is 0 Å². The molecule has 6 nitrogen and oxygen atoms in total. The highest BCUT2D eigenvalue weighted by Gasteiger charge is 2.45. The van der Waals surface area contributed by atoms with Crippen molar-refractivity contribution in [3.8, 4) is 5.75 Å². The van der Waals surface area contributed by atoms with Gasteiger partial charge >= 0.3 is 0 Å². The Balaban J connectivity index is 2.08. The van der Waals surface area contributed by atoms with Crippen molar-refractivity contribution in [2.75, 3.05) is 26.9 Å². The van der Waals surface area contributed by atoms with Crippen molar-refractivity contribution in [3.05, 3.63) is 69.2 Å². The number of aliphatic hydroxyl groups is 1. The van der Waals surface area contributed by atoms with Gasteiger partial charge in [-0.3, -0.25) is 9.59 Å². The van der Waals surface area contributed by atoms with E-state index in [1.807, 2.05) is 31.2 Å². The van der Waals surface area contributed by atoms with Crippen LogP contribution in [-0.2, 0) is 14.3 Å². The number of likely N-dealkylation sites (tertiary alicyclic amines) is 1. The molecule has 2 aromatic rings. The Labute approximate surface area is 197 Å². The number of methoxy groups -OCH3 is 1. The molecular weight excluding hydrogens is 474 g/mol. The van der Waals surface area contributed by atoms with Gasteiger partial charge in [-0.2, -0.15) is 0 Å². The quantitative estimate of drug-likeness (QED) is 0.317. The van der Waals surface area contributed by atoms with Gasteiger partial charge in [-0.1, -0.05) is 41.9 Å². The number of ether oxygens (including phenoxy) is 2. The molecule has 1 aliphatic rings. The average molecular weight is 502 g/mol. The number of hydrogen-bond acceptors (Lipinski definition) is 5. The third-order valence-electron chi connectivity index (χ3n) is 5.26. The van der Waals surface area contributed by atoms with E-state index in [4.69, 9.17) is 9.47 Å². The van der Waals surface area contributed by atoms with E-state index in [0.29, 0.717) is 18.1 Å². The zero-order valence-corrected chi connectivity index (χ0v) is 20.3. The summed E-state index contributed by atoms with van der Waals surface area (Å²) in [5.74, 6) is -0.453. The molecule has 0 radical (unpaired) electrons. The Bertz CT molecular complexity index is 1050. The van der Waals surface area contributed by atoms with E-state index < -0.39 is 17.7 Å². The van der Waals surface area contributed by atoms with Gasteiger partial charge in [0.1, 0.15) is 11.5 Å². The molecule has 1 aliphatic heterocycles. The Kier molecular flexibility index (Phi) is 7.74. The van der Waals surface area contributed by atoms with Crippen LogP contribution in [0.1, 0.15) is 36.6 Å². The second-order valence-corrected chi connectivity index (χ2v) is 9.14. The van der Waals surface area contributed by atoms with Crippen molar-refractivity contribution >= 4 is 33.4 Å². The minimum Gasteiger partial charge on any atom is -0.507 e. The summed E-state index contributed by atoms with van der Waals surface area (Å²) in [6.45, 7) is 7.11. The van der Waals surface area contributed by atoms with E-state index in [0.717, 1.165) is 21.3 Å². The highest BCUT2D eigenvalue weighted by Crippen LogP contribution is 2.40. The summed E-state index contributed by atoms with van der Waals surface area (Å²) in [7, 11) is 1.54. The van der Waals surface area contributed by atoms with Crippen LogP contribution >= 0.6 is 15.9 Å². The first-order valence-electron chi connectivity index (χ1n) is 10.5. The summed E-state index contributed by atoms with van der Waals surface area (Å²) in [6, 6.07) is 11.9. The number of aliphatic hydroxyl groups excluding tert-OH is 1. The highest BCUT2D eigenvalue weighted by atomic mass is 79.9. The number of ketones is 1. The SMILES string of the molecule is COCCN1C(=O)C(=O)C(=C(O)c2ccc(OCC(C)C)c(C)c2)[C@@H]1c1cccc(Br)c1. The van der Waals surface area contributed by atoms with Crippen molar-refractivity contribution in [2.24, 2.45) is 5.92 Å². The van der Waals surface area contributed by atoms with E-state index in [9.17, 15) is 14.7 Å². The highest BCUT2D eigenvalue weighted by molar-refractivity contribution is 9.10. The monoisotopic (exact) mass is 501 g/mol. The minimum atomic E-state index is -0.708. The number of hydrogen-bond donors (Lipinski definition) is 1. The number of benzene rings is 2. The third kappa shape index (κ3) is 5.05. The van der Waals surface area contributed by atoms with Crippen molar-refractivity contribution in [1.29, 1.82) is 0 Å². The van der Waals surface area contributed by atoms with Gasteiger partial charge in [-0.25, -0.2) is 0 Å². The molecule has 1 atom stereocenters. The lowest BCUT2D eigenvalue weighted by Crippen LogP contribution is -2.32. The lowest BCUT2D eigenvalue weighted by Gasteiger charge is -2.25. The number of amides is 1. The zero-order valence-electron chi connectivity index (χ0n) is 18.7. The standard InChI is InChI=1S/C25H28BrNO5/c1-15(2)14-32-20-9-8-18(12-16(20)3)23(28)21-22(17-6-5-7-19(26)13-17)27(10-11-31-4)25(30)24(21)29/h5-9,12-13,15,22,28H,10-11,14H2,1-4H3/t22-/m0/s1. The maximum absolute atomic E-state index is 13.0. The van der Waals surface area contributed by atoms with Crippen LogP contribution in [0.2, 0.25) is 0 Å².